The smallest absolute Gasteiger partial charge is 0.265 e. The van der Waals surface area contributed by atoms with Crippen molar-refractivity contribution in [3.8, 4) is 5.75 Å². The number of nitrogens with zero attached hydrogens (tertiary/aromatic N) is 3. The molecule has 1 atom stereocenters. The number of ether oxygens (including phenoxy) is 1. The highest BCUT2D eigenvalue weighted by Gasteiger charge is 2.24. The molecule has 28 heavy (non-hydrogen) atoms. The first-order valence-corrected chi connectivity index (χ1v) is 9.68. The third kappa shape index (κ3) is 3.18. The zero-order valence-corrected chi connectivity index (χ0v) is 15.8. The van der Waals surface area contributed by atoms with Crippen LogP contribution in [0, 0.1) is 0 Å². The van der Waals surface area contributed by atoms with Crippen LogP contribution in [0.2, 0.25) is 0 Å². The largest absolute Gasteiger partial charge is 0.479 e. The summed E-state index contributed by atoms with van der Waals surface area (Å²) in [5.74, 6) is 1.60. The molecular formula is C21H23N5O2. The van der Waals surface area contributed by atoms with E-state index in [1.165, 1.54) is 5.56 Å². The highest BCUT2D eigenvalue weighted by Crippen LogP contribution is 2.31. The van der Waals surface area contributed by atoms with Crippen LogP contribution in [0.4, 0.5) is 11.6 Å². The van der Waals surface area contributed by atoms with Gasteiger partial charge in [0.25, 0.3) is 5.91 Å². The number of nitrogens with one attached hydrogen (secondary N) is 2. The van der Waals surface area contributed by atoms with Crippen molar-refractivity contribution in [2.75, 3.05) is 36.4 Å². The van der Waals surface area contributed by atoms with Crippen LogP contribution in [-0.2, 0) is 11.3 Å². The number of rotatable bonds is 3. The third-order valence-corrected chi connectivity index (χ3v) is 5.43. The molecule has 1 unspecified atom stereocenters. The Bertz CT molecular complexity index is 990. The zero-order valence-electron chi connectivity index (χ0n) is 15.8. The Kier molecular flexibility index (Phi) is 4.16. The molecule has 144 valence electrons. The predicted octanol–water partition coefficient (Wildman–Crippen LogP) is 2.60. The van der Waals surface area contributed by atoms with Gasteiger partial charge in [0.1, 0.15) is 5.75 Å². The molecule has 1 fully saturated rings. The maximum absolute atomic E-state index is 11.8. The number of fused-ring (bicyclic) bond motifs is 2. The van der Waals surface area contributed by atoms with Crippen molar-refractivity contribution < 1.29 is 9.53 Å². The molecule has 7 nitrogen and oxygen atoms in total. The SMILES string of the molecule is CC1Oc2ccc(CN3CCN(c4nc5ccccc5[nH]4)CC3)cc2NC1=O. The lowest BCUT2D eigenvalue weighted by molar-refractivity contribution is -0.122. The molecule has 0 spiro atoms. The van der Waals surface area contributed by atoms with Crippen molar-refractivity contribution in [2.45, 2.75) is 19.6 Å². The summed E-state index contributed by atoms with van der Waals surface area (Å²) in [7, 11) is 0. The van der Waals surface area contributed by atoms with Gasteiger partial charge >= 0.3 is 0 Å². The Morgan fingerprint density at radius 1 is 1.14 bits per heavy atom. The van der Waals surface area contributed by atoms with Crippen LogP contribution >= 0.6 is 0 Å². The van der Waals surface area contributed by atoms with Gasteiger partial charge in [-0.1, -0.05) is 18.2 Å². The molecular weight excluding hydrogens is 354 g/mol. The van der Waals surface area contributed by atoms with Crippen LogP contribution in [-0.4, -0.2) is 53.1 Å². The van der Waals surface area contributed by atoms with Gasteiger partial charge in [-0.2, -0.15) is 0 Å². The Balaban J connectivity index is 1.23. The number of hydrogen-bond donors (Lipinski definition) is 2. The zero-order chi connectivity index (χ0) is 19.1. The van der Waals surface area contributed by atoms with E-state index in [9.17, 15) is 4.79 Å². The first-order valence-electron chi connectivity index (χ1n) is 9.68. The summed E-state index contributed by atoms with van der Waals surface area (Å²) in [4.78, 5) is 24.7. The molecule has 3 heterocycles. The van der Waals surface area contributed by atoms with E-state index in [2.05, 4.69) is 32.2 Å². The second-order valence-corrected chi connectivity index (χ2v) is 7.42. The fraction of sp³-hybridized carbons (Fsp3) is 0.333. The fourth-order valence-electron chi connectivity index (χ4n) is 3.82. The molecule has 2 aliphatic rings. The fourth-order valence-corrected chi connectivity index (χ4v) is 3.82. The summed E-state index contributed by atoms with van der Waals surface area (Å²) >= 11 is 0. The number of carbonyl (C=O) groups is 1. The minimum atomic E-state index is -0.440. The molecule has 0 saturated carbocycles. The average Bonchev–Trinajstić information content (AvgIpc) is 3.14. The molecule has 7 heteroatoms. The molecule has 2 N–H and O–H groups in total. The second-order valence-electron chi connectivity index (χ2n) is 7.42. The number of amides is 1. The van der Waals surface area contributed by atoms with Gasteiger partial charge in [0.15, 0.2) is 6.10 Å². The number of piperazine rings is 1. The van der Waals surface area contributed by atoms with E-state index in [0.29, 0.717) is 0 Å². The van der Waals surface area contributed by atoms with Crippen molar-refractivity contribution in [1.29, 1.82) is 0 Å². The van der Waals surface area contributed by atoms with Crippen molar-refractivity contribution in [3.05, 3.63) is 48.0 Å². The Morgan fingerprint density at radius 3 is 2.79 bits per heavy atom. The lowest BCUT2D eigenvalue weighted by Crippen LogP contribution is -2.46. The Labute approximate surface area is 163 Å². The van der Waals surface area contributed by atoms with E-state index < -0.39 is 6.10 Å². The summed E-state index contributed by atoms with van der Waals surface area (Å²) in [6.45, 7) is 6.41. The number of aromatic amines is 1. The van der Waals surface area contributed by atoms with Gasteiger partial charge in [0.2, 0.25) is 5.95 Å². The highest BCUT2D eigenvalue weighted by atomic mass is 16.5. The third-order valence-electron chi connectivity index (χ3n) is 5.43. The predicted molar refractivity (Wildman–Crippen MR) is 109 cm³/mol. The normalized spacial score (nSPS) is 20.0. The van der Waals surface area contributed by atoms with Gasteiger partial charge in [-0.15, -0.1) is 0 Å². The Hall–Kier alpha value is -3.06. The molecule has 5 rings (SSSR count). The van der Waals surface area contributed by atoms with Crippen LogP contribution < -0.4 is 15.0 Å². The van der Waals surface area contributed by atoms with Gasteiger partial charge in [-0.05, 0) is 36.8 Å². The molecule has 0 aliphatic carbocycles. The van der Waals surface area contributed by atoms with Crippen LogP contribution in [0.15, 0.2) is 42.5 Å². The summed E-state index contributed by atoms with van der Waals surface area (Å²) in [5.41, 5.74) is 4.02. The van der Waals surface area contributed by atoms with Crippen LogP contribution in [0.3, 0.4) is 0 Å². The van der Waals surface area contributed by atoms with E-state index >= 15 is 0 Å². The highest BCUT2D eigenvalue weighted by molar-refractivity contribution is 5.97. The lowest BCUT2D eigenvalue weighted by Gasteiger charge is -2.34. The molecule has 0 bridgehead atoms. The average molecular weight is 377 g/mol. The molecule has 2 aliphatic heterocycles. The molecule has 1 saturated heterocycles. The number of H-pyrrole nitrogens is 1. The maximum atomic E-state index is 11.8. The van der Waals surface area contributed by atoms with Gasteiger partial charge in [0.05, 0.1) is 16.7 Å². The molecule has 2 aromatic carbocycles. The summed E-state index contributed by atoms with van der Waals surface area (Å²) in [5, 5.41) is 2.93. The summed E-state index contributed by atoms with van der Waals surface area (Å²) in [6, 6.07) is 14.2. The number of carbonyl (C=O) groups excluding carboxylic acids is 1. The van der Waals surface area contributed by atoms with Crippen molar-refractivity contribution in [1.82, 2.24) is 14.9 Å². The number of benzene rings is 2. The van der Waals surface area contributed by atoms with Gasteiger partial charge in [0, 0.05) is 32.7 Å². The van der Waals surface area contributed by atoms with E-state index in [0.717, 1.165) is 61.1 Å². The van der Waals surface area contributed by atoms with Crippen LogP contribution in [0.1, 0.15) is 12.5 Å². The minimum absolute atomic E-state index is 0.0934. The second kappa shape index (κ2) is 6.83. The number of para-hydroxylation sites is 2. The van der Waals surface area contributed by atoms with Gasteiger partial charge in [-0.3, -0.25) is 9.69 Å². The topological polar surface area (TPSA) is 73.5 Å². The number of aromatic nitrogens is 2. The minimum Gasteiger partial charge on any atom is -0.479 e. The van der Waals surface area contributed by atoms with E-state index in [-0.39, 0.29) is 5.91 Å². The standard InChI is InChI=1S/C21H23N5O2/c1-14-20(27)22-18-12-15(6-7-19(18)28-14)13-25-8-10-26(11-9-25)21-23-16-4-2-3-5-17(16)24-21/h2-7,12,14H,8-11,13H2,1H3,(H,22,27)(H,23,24). The number of imidazole rings is 1. The van der Waals surface area contributed by atoms with E-state index in [1.54, 1.807) is 6.92 Å². The molecule has 1 aromatic heterocycles. The van der Waals surface area contributed by atoms with E-state index in [4.69, 9.17) is 9.72 Å². The number of hydrogen-bond acceptors (Lipinski definition) is 5. The van der Waals surface area contributed by atoms with Crippen molar-refractivity contribution in [3.63, 3.8) is 0 Å². The van der Waals surface area contributed by atoms with Gasteiger partial charge < -0.3 is 19.9 Å². The molecule has 1 amide bonds. The van der Waals surface area contributed by atoms with Crippen molar-refractivity contribution >= 4 is 28.6 Å². The lowest BCUT2D eigenvalue weighted by atomic mass is 10.1. The van der Waals surface area contributed by atoms with Crippen LogP contribution in [0.5, 0.6) is 5.75 Å². The van der Waals surface area contributed by atoms with E-state index in [1.807, 2.05) is 30.3 Å². The first-order chi connectivity index (χ1) is 13.7. The molecule has 0 radical (unpaired) electrons. The summed E-state index contributed by atoms with van der Waals surface area (Å²) in [6.07, 6.45) is -0.440. The maximum Gasteiger partial charge on any atom is 0.265 e. The Morgan fingerprint density at radius 2 is 1.96 bits per heavy atom. The quantitative estimate of drug-likeness (QED) is 0.734. The monoisotopic (exact) mass is 377 g/mol. The van der Waals surface area contributed by atoms with Crippen molar-refractivity contribution in [2.24, 2.45) is 0 Å². The number of anilines is 2. The first kappa shape index (κ1) is 17.1. The van der Waals surface area contributed by atoms with Gasteiger partial charge in [-0.25, -0.2) is 4.98 Å². The van der Waals surface area contributed by atoms with Crippen LogP contribution in [0.25, 0.3) is 11.0 Å². The summed E-state index contributed by atoms with van der Waals surface area (Å²) < 4.78 is 5.63. The molecule has 3 aromatic rings.